The van der Waals surface area contributed by atoms with E-state index in [-0.39, 0.29) is 5.97 Å². The van der Waals surface area contributed by atoms with Crippen molar-refractivity contribution < 1.29 is 14.3 Å². The number of hydrogen-bond donors (Lipinski definition) is 1. The zero-order valence-corrected chi connectivity index (χ0v) is 17.5. The SMILES string of the molecule is CCOC(=O)C(C)(C)CCCCCOc1ccc(-c2nc(N)sc2C)cc1. The molecule has 0 atom stereocenters. The van der Waals surface area contributed by atoms with Gasteiger partial charge in [0.15, 0.2) is 5.13 Å². The van der Waals surface area contributed by atoms with Crippen molar-refractivity contribution in [1.82, 2.24) is 4.98 Å². The van der Waals surface area contributed by atoms with Crippen molar-refractivity contribution in [2.24, 2.45) is 5.41 Å². The van der Waals surface area contributed by atoms with Crippen molar-refractivity contribution in [2.75, 3.05) is 18.9 Å². The minimum atomic E-state index is -0.413. The Morgan fingerprint density at radius 1 is 1.19 bits per heavy atom. The third kappa shape index (κ3) is 6.24. The number of aromatic nitrogens is 1. The molecule has 148 valence electrons. The number of carbonyl (C=O) groups excluding carboxylic acids is 1. The first-order valence-corrected chi connectivity index (χ1v) is 10.3. The van der Waals surface area contributed by atoms with Crippen LogP contribution in [0.3, 0.4) is 0 Å². The van der Waals surface area contributed by atoms with Gasteiger partial charge in [0.2, 0.25) is 0 Å². The summed E-state index contributed by atoms with van der Waals surface area (Å²) in [4.78, 5) is 17.4. The van der Waals surface area contributed by atoms with Gasteiger partial charge in [-0.25, -0.2) is 4.98 Å². The van der Waals surface area contributed by atoms with E-state index in [0.717, 1.165) is 47.6 Å². The fourth-order valence-corrected chi connectivity index (χ4v) is 3.57. The number of anilines is 1. The lowest BCUT2D eigenvalue weighted by Gasteiger charge is -2.21. The highest BCUT2D eigenvalue weighted by Gasteiger charge is 2.28. The molecule has 0 amide bonds. The first kappa shape index (κ1) is 21.2. The quantitative estimate of drug-likeness (QED) is 0.444. The number of unbranched alkanes of at least 4 members (excludes halogenated alkanes) is 2. The molecule has 0 aliphatic rings. The Balaban J connectivity index is 1.70. The van der Waals surface area contributed by atoms with E-state index in [9.17, 15) is 4.79 Å². The first-order chi connectivity index (χ1) is 12.8. The topological polar surface area (TPSA) is 74.4 Å². The van der Waals surface area contributed by atoms with E-state index >= 15 is 0 Å². The minimum Gasteiger partial charge on any atom is -0.494 e. The summed E-state index contributed by atoms with van der Waals surface area (Å²) in [7, 11) is 0. The normalized spacial score (nSPS) is 11.4. The van der Waals surface area contributed by atoms with Gasteiger partial charge in [-0.15, -0.1) is 11.3 Å². The fourth-order valence-electron chi connectivity index (χ4n) is 2.86. The standard InChI is InChI=1S/C21H30N2O3S/c1-5-25-19(24)21(3,4)13-7-6-8-14-26-17-11-9-16(10-12-17)18-15(2)27-20(22)23-18/h9-12H,5-8,13-14H2,1-4H3,(H2,22,23). The van der Waals surface area contributed by atoms with Gasteiger partial charge >= 0.3 is 5.97 Å². The molecule has 0 saturated heterocycles. The van der Waals surface area contributed by atoms with Crippen molar-refractivity contribution in [3.8, 4) is 17.0 Å². The van der Waals surface area contributed by atoms with Crippen LogP contribution in [-0.2, 0) is 9.53 Å². The Morgan fingerprint density at radius 2 is 1.89 bits per heavy atom. The van der Waals surface area contributed by atoms with Crippen LogP contribution in [0.4, 0.5) is 5.13 Å². The molecule has 2 N–H and O–H groups in total. The van der Waals surface area contributed by atoms with E-state index in [0.29, 0.717) is 18.3 Å². The number of nitrogens with zero attached hydrogens (tertiary/aromatic N) is 1. The number of hydrogen-bond acceptors (Lipinski definition) is 6. The van der Waals surface area contributed by atoms with E-state index in [4.69, 9.17) is 15.2 Å². The molecule has 0 aliphatic heterocycles. The van der Waals surface area contributed by atoms with E-state index < -0.39 is 5.41 Å². The third-order valence-electron chi connectivity index (χ3n) is 4.48. The number of ether oxygens (including phenoxy) is 2. The Hall–Kier alpha value is -2.08. The highest BCUT2D eigenvalue weighted by Crippen LogP contribution is 2.30. The van der Waals surface area contributed by atoms with Crippen LogP contribution in [0.25, 0.3) is 11.3 Å². The summed E-state index contributed by atoms with van der Waals surface area (Å²) in [6, 6.07) is 7.96. The maximum absolute atomic E-state index is 11.9. The second-order valence-electron chi connectivity index (χ2n) is 7.24. The van der Waals surface area contributed by atoms with E-state index in [2.05, 4.69) is 4.98 Å². The van der Waals surface area contributed by atoms with Gasteiger partial charge in [-0.05, 0) is 64.8 Å². The lowest BCUT2D eigenvalue weighted by molar-refractivity contribution is -0.153. The monoisotopic (exact) mass is 390 g/mol. The van der Waals surface area contributed by atoms with E-state index in [1.54, 1.807) is 0 Å². The molecule has 0 spiro atoms. The molecule has 1 aromatic heterocycles. The summed E-state index contributed by atoms with van der Waals surface area (Å²) in [5.41, 5.74) is 7.34. The van der Waals surface area contributed by atoms with Crippen molar-refractivity contribution in [1.29, 1.82) is 0 Å². The van der Waals surface area contributed by atoms with Gasteiger partial charge < -0.3 is 15.2 Å². The van der Waals surface area contributed by atoms with Gasteiger partial charge in [-0.2, -0.15) is 0 Å². The summed E-state index contributed by atoms with van der Waals surface area (Å²) in [5, 5.41) is 0.592. The summed E-state index contributed by atoms with van der Waals surface area (Å²) < 4.78 is 10.9. The molecule has 0 saturated carbocycles. The van der Waals surface area contributed by atoms with Crippen LogP contribution in [0, 0.1) is 12.3 Å². The predicted octanol–water partition coefficient (Wildman–Crippen LogP) is 5.23. The average molecular weight is 391 g/mol. The van der Waals surface area contributed by atoms with Gasteiger partial charge in [0.1, 0.15) is 5.75 Å². The lowest BCUT2D eigenvalue weighted by Crippen LogP contribution is -2.26. The number of rotatable bonds is 10. The molecule has 27 heavy (non-hydrogen) atoms. The third-order valence-corrected chi connectivity index (χ3v) is 5.28. The molecule has 0 aliphatic carbocycles. The zero-order chi connectivity index (χ0) is 19.9. The second-order valence-corrected chi connectivity index (χ2v) is 8.48. The van der Waals surface area contributed by atoms with Gasteiger partial charge in [-0.1, -0.05) is 12.8 Å². The summed E-state index contributed by atoms with van der Waals surface area (Å²) in [5.74, 6) is 0.741. The molecule has 5 nitrogen and oxygen atoms in total. The van der Waals surface area contributed by atoms with Gasteiger partial charge in [-0.3, -0.25) is 4.79 Å². The van der Waals surface area contributed by atoms with Crippen molar-refractivity contribution in [3.05, 3.63) is 29.1 Å². The second kappa shape index (κ2) is 9.74. The summed E-state index contributed by atoms with van der Waals surface area (Å²) in [6.07, 6.45) is 3.80. The van der Waals surface area contributed by atoms with Crippen LogP contribution >= 0.6 is 11.3 Å². The number of aryl methyl sites for hydroxylation is 1. The van der Waals surface area contributed by atoms with Crippen LogP contribution in [0.2, 0.25) is 0 Å². The zero-order valence-electron chi connectivity index (χ0n) is 16.7. The van der Waals surface area contributed by atoms with Crippen LogP contribution in [-0.4, -0.2) is 24.2 Å². The molecule has 2 rings (SSSR count). The van der Waals surface area contributed by atoms with Crippen LogP contribution in [0.5, 0.6) is 5.75 Å². The Morgan fingerprint density at radius 3 is 2.48 bits per heavy atom. The molecule has 0 fully saturated rings. The Kier molecular flexibility index (Phi) is 7.66. The summed E-state index contributed by atoms with van der Waals surface area (Å²) in [6.45, 7) is 8.86. The average Bonchev–Trinajstić information content (AvgIpc) is 2.97. The molecule has 0 bridgehead atoms. The number of esters is 1. The molecule has 0 radical (unpaired) electrons. The fraction of sp³-hybridized carbons (Fsp3) is 0.524. The van der Waals surface area contributed by atoms with E-state index in [1.165, 1.54) is 11.3 Å². The predicted molar refractivity (Wildman–Crippen MR) is 111 cm³/mol. The van der Waals surface area contributed by atoms with Gasteiger partial charge in [0.25, 0.3) is 0 Å². The molecule has 1 aromatic carbocycles. The smallest absolute Gasteiger partial charge is 0.311 e. The molecular weight excluding hydrogens is 360 g/mol. The van der Waals surface area contributed by atoms with Crippen molar-refractivity contribution in [2.45, 2.75) is 53.4 Å². The number of thiazole rings is 1. The van der Waals surface area contributed by atoms with Crippen molar-refractivity contribution >= 4 is 22.4 Å². The van der Waals surface area contributed by atoms with Crippen molar-refractivity contribution in [3.63, 3.8) is 0 Å². The highest BCUT2D eigenvalue weighted by molar-refractivity contribution is 7.15. The first-order valence-electron chi connectivity index (χ1n) is 9.47. The lowest BCUT2D eigenvalue weighted by atomic mass is 9.87. The molecule has 6 heteroatoms. The largest absolute Gasteiger partial charge is 0.494 e. The minimum absolute atomic E-state index is 0.113. The Labute approximate surface area is 165 Å². The highest BCUT2D eigenvalue weighted by atomic mass is 32.1. The maximum atomic E-state index is 11.9. The maximum Gasteiger partial charge on any atom is 0.311 e. The number of nitrogen functional groups attached to an aromatic ring is 1. The number of carbonyl (C=O) groups is 1. The molecule has 2 aromatic rings. The van der Waals surface area contributed by atoms with Crippen LogP contribution in [0.15, 0.2) is 24.3 Å². The number of benzene rings is 1. The van der Waals surface area contributed by atoms with Crippen LogP contribution in [0.1, 0.15) is 51.3 Å². The molecular formula is C21H30N2O3S. The number of nitrogens with two attached hydrogens (primary N) is 1. The molecule has 0 unspecified atom stereocenters. The van der Waals surface area contributed by atoms with E-state index in [1.807, 2.05) is 52.0 Å². The van der Waals surface area contributed by atoms with Gasteiger partial charge in [0, 0.05) is 10.4 Å². The summed E-state index contributed by atoms with van der Waals surface area (Å²) >= 11 is 1.50. The molecule has 1 heterocycles. The van der Waals surface area contributed by atoms with Gasteiger partial charge in [0.05, 0.1) is 24.3 Å². The Bertz CT molecular complexity index is 738. The van der Waals surface area contributed by atoms with Crippen LogP contribution < -0.4 is 10.5 Å².